The van der Waals surface area contributed by atoms with Crippen LogP contribution < -0.4 is 0 Å². The van der Waals surface area contributed by atoms with Gasteiger partial charge >= 0.3 is 0 Å². The molecule has 0 aliphatic carbocycles. The second-order valence-electron chi connectivity index (χ2n) is 6.84. The zero-order valence-corrected chi connectivity index (χ0v) is 16.4. The minimum absolute atomic E-state index is 0.533. The minimum atomic E-state index is -3.02. The summed E-state index contributed by atoms with van der Waals surface area (Å²) in [5.41, 5.74) is 1.35. The van der Waals surface area contributed by atoms with E-state index in [1.807, 2.05) is 11.3 Å². The number of thiophene rings is 1. The van der Waals surface area contributed by atoms with E-state index >= 15 is 0 Å². The Hall–Kier alpha value is -0.430. The molecule has 0 radical (unpaired) electrons. The van der Waals surface area contributed by atoms with Crippen molar-refractivity contribution < 1.29 is 8.42 Å². The molecule has 1 aromatic heterocycles. The molecule has 1 aliphatic rings. The van der Waals surface area contributed by atoms with E-state index in [9.17, 15) is 8.42 Å². The molecule has 1 fully saturated rings. The average molecular weight is 359 g/mol. The van der Waals surface area contributed by atoms with E-state index in [4.69, 9.17) is 0 Å². The van der Waals surface area contributed by atoms with Crippen LogP contribution in [-0.2, 0) is 16.4 Å². The molecule has 0 N–H and O–H groups in total. The quantitative estimate of drug-likeness (QED) is 0.752. The van der Waals surface area contributed by atoms with Crippen LogP contribution in [0.1, 0.15) is 37.1 Å². The molecule has 1 aliphatic heterocycles. The smallest absolute Gasteiger partial charge is 0.211 e. The summed E-state index contributed by atoms with van der Waals surface area (Å²) in [7, 11) is -3.02. The lowest BCUT2D eigenvalue weighted by atomic mass is 9.96. The van der Waals surface area contributed by atoms with Gasteiger partial charge in [0.1, 0.15) is 0 Å². The Morgan fingerprint density at radius 1 is 1.39 bits per heavy atom. The first kappa shape index (κ1) is 18.9. The largest absolute Gasteiger partial charge is 0.300 e. The van der Waals surface area contributed by atoms with Crippen molar-refractivity contribution in [2.45, 2.75) is 46.1 Å². The monoisotopic (exact) mass is 358 g/mol. The van der Waals surface area contributed by atoms with Gasteiger partial charge in [0.25, 0.3) is 0 Å². The minimum Gasteiger partial charge on any atom is -0.300 e. The zero-order valence-electron chi connectivity index (χ0n) is 14.8. The van der Waals surface area contributed by atoms with E-state index in [0.717, 1.165) is 32.4 Å². The van der Waals surface area contributed by atoms with Crippen molar-refractivity contribution >= 4 is 21.4 Å². The Bertz CT molecular complexity index is 589. The van der Waals surface area contributed by atoms with Crippen LogP contribution in [-0.4, -0.2) is 56.1 Å². The van der Waals surface area contributed by atoms with Gasteiger partial charge in [-0.05, 0) is 62.6 Å². The third kappa shape index (κ3) is 5.55. The molecule has 0 saturated carbocycles. The standard InChI is InChI=1S/C17H30N2O2S2/c1-5-18(15(3)11-17-10-14(2)13-22-17)12-16-6-8-19(9-7-16)23(4,20)21/h10,13,15-16H,5-9,11-12H2,1-4H3. The Morgan fingerprint density at radius 2 is 2.04 bits per heavy atom. The first-order chi connectivity index (χ1) is 10.8. The van der Waals surface area contributed by atoms with Gasteiger partial charge in [0, 0.05) is 30.6 Å². The molecule has 1 saturated heterocycles. The van der Waals surface area contributed by atoms with Crippen LogP contribution in [0.15, 0.2) is 11.4 Å². The Balaban J connectivity index is 1.85. The Morgan fingerprint density at radius 3 is 2.52 bits per heavy atom. The molecular weight excluding hydrogens is 328 g/mol. The van der Waals surface area contributed by atoms with Gasteiger partial charge in [-0.15, -0.1) is 11.3 Å². The molecule has 0 aromatic carbocycles. The molecule has 0 spiro atoms. The second kappa shape index (κ2) is 8.10. The molecule has 6 heteroatoms. The maximum absolute atomic E-state index is 11.6. The molecule has 4 nitrogen and oxygen atoms in total. The Labute approximate surface area is 145 Å². The molecule has 0 bridgehead atoms. The summed E-state index contributed by atoms with van der Waals surface area (Å²) >= 11 is 1.85. The molecular formula is C17H30N2O2S2. The van der Waals surface area contributed by atoms with Crippen LogP contribution in [0.3, 0.4) is 0 Å². The third-order valence-corrected chi connectivity index (χ3v) is 7.23. The summed E-state index contributed by atoms with van der Waals surface area (Å²) in [6, 6.07) is 2.82. The van der Waals surface area contributed by atoms with Gasteiger partial charge in [0.05, 0.1) is 6.26 Å². The van der Waals surface area contributed by atoms with Crippen molar-refractivity contribution in [1.82, 2.24) is 9.21 Å². The number of nitrogens with zero attached hydrogens (tertiary/aromatic N) is 2. The van der Waals surface area contributed by atoms with Gasteiger partial charge in [-0.2, -0.15) is 0 Å². The van der Waals surface area contributed by atoms with Gasteiger partial charge in [-0.25, -0.2) is 12.7 Å². The van der Waals surface area contributed by atoms with Crippen molar-refractivity contribution in [2.24, 2.45) is 5.92 Å². The van der Waals surface area contributed by atoms with Gasteiger partial charge in [-0.3, -0.25) is 0 Å². The van der Waals surface area contributed by atoms with Gasteiger partial charge in [0.2, 0.25) is 10.0 Å². The van der Waals surface area contributed by atoms with Crippen molar-refractivity contribution in [3.8, 4) is 0 Å². The summed E-state index contributed by atoms with van der Waals surface area (Å²) < 4.78 is 24.8. The maximum Gasteiger partial charge on any atom is 0.211 e. The summed E-state index contributed by atoms with van der Waals surface area (Å²) in [6.45, 7) is 10.2. The third-order valence-electron chi connectivity index (χ3n) is 4.85. The normalized spacial score (nSPS) is 19.3. The van der Waals surface area contributed by atoms with E-state index in [0.29, 0.717) is 25.0 Å². The first-order valence-corrected chi connectivity index (χ1v) is 11.3. The van der Waals surface area contributed by atoms with Crippen molar-refractivity contribution in [3.63, 3.8) is 0 Å². The number of piperidine rings is 1. The molecule has 2 rings (SSSR count). The molecule has 2 heterocycles. The van der Waals surface area contributed by atoms with Crippen LogP contribution in [0, 0.1) is 12.8 Å². The van der Waals surface area contributed by atoms with E-state index in [1.54, 1.807) is 4.31 Å². The maximum atomic E-state index is 11.6. The van der Waals surface area contributed by atoms with E-state index in [-0.39, 0.29) is 0 Å². The van der Waals surface area contributed by atoms with Crippen LogP contribution in [0.4, 0.5) is 0 Å². The van der Waals surface area contributed by atoms with Crippen molar-refractivity contribution in [1.29, 1.82) is 0 Å². The van der Waals surface area contributed by atoms with Crippen molar-refractivity contribution in [2.75, 3.05) is 32.4 Å². The number of rotatable bonds is 7. The highest BCUT2D eigenvalue weighted by Crippen LogP contribution is 2.23. The zero-order chi connectivity index (χ0) is 17.0. The van der Waals surface area contributed by atoms with E-state index in [1.165, 1.54) is 16.7 Å². The average Bonchev–Trinajstić information content (AvgIpc) is 2.89. The summed E-state index contributed by atoms with van der Waals surface area (Å²) in [5, 5.41) is 2.22. The summed E-state index contributed by atoms with van der Waals surface area (Å²) in [6.07, 6.45) is 4.38. The molecule has 1 aromatic rings. The fraction of sp³-hybridized carbons (Fsp3) is 0.765. The lowest BCUT2D eigenvalue weighted by Gasteiger charge is -2.35. The van der Waals surface area contributed by atoms with E-state index in [2.05, 4.69) is 37.1 Å². The predicted molar refractivity (Wildman–Crippen MR) is 98.6 cm³/mol. The topological polar surface area (TPSA) is 40.6 Å². The second-order valence-corrected chi connectivity index (χ2v) is 9.81. The molecule has 0 amide bonds. The van der Waals surface area contributed by atoms with Crippen LogP contribution in [0.2, 0.25) is 0 Å². The number of hydrogen-bond donors (Lipinski definition) is 0. The highest BCUT2D eigenvalue weighted by atomic mass is 32.2. The molecule has 1 atom stereocenters. The fourth-order valence-electron chi connectivity index (χ4n) is 3.39. The van der Waals surface area contributed by atoms with Gasteiger partial charge < -0.3 is 4.90 Å². The number of sulfonamides is 1. The molecule has 23 heavy (non-hydrogen) atoms. The molecule has 1 unspecified atom stereocenters. The van der Waals surface area contributed by atoms with Gasteiger partial charge in [0.15, 0.2) is 0 Å². The van der Waals surface area contributed by atoms with Crippen LogP contribution in [0.25, 0.3) is 0 Å². The SMILES string of the molecule is CCN(CC1CCN(S(C)(=O)=O)CC1)C(C)Cc1cc(C)cs1. The highest BCUT2D eigenvalue weighted by molar-refractivity contribution is 7.88. The lowest BCUT2D eigenvalue weighted by molar-refractivity contribution is 0.153. The Kier molecular flexibility index (Phi) is 6.66. The van der Waals surface area contributed by atoms with Crippen LogP contribution >= 0.6 is 11.3 Å². The summed E-state index contributed by atoms with van der Waals surface area (Å²) in [5.74, 6) is 0.612. The lowest BCUT2D eigenvalue weighted by Crippen LogP contribution is -2.43. The van der Waals surface area contributed by atoms with E-state index < -0.39 is 10.0 Å². The fourth-order valence-corrected chi connectivity index (χ4v) is 5.26. The summed E-state index contributed by atoms with van der Waals surface area (Å²) in [4.78, 5) is 4.01. The number of aryl methyl sites for hydroxylation is 1. The number of likely N-dealkylation sites (N-methyl/N-ethyl adjacent to an activating group) is 1. The first-order valence-electron chi connectivity index (χ1n) is 8.52. The van der Waals surface area contributed by atoms with Crippen molar-refractivity contribution in [3.05, 3.63) is 21.9 Å². The van der Waals surface area contributed by atoms with Gasteiger partial charge in [-0.1, -0.05) is 6.92 Å². The number of hydrogen-bond acceptors (Lipinski definition) is 4. The highest BCUT2D eigenvalue weighted by Gasteiger charge is 2.27. The van der Waals surface area contributed by atoms with Crippen LogP contribution in [0.5, 0.6) is 0 Å². The molecule has 132 valence electrons. The predicted octanol–water partition coefficient (Wildman–Crippen LogP) is 2.98.